The molecule has 0 aliphatic heterocycles. The number of amides is 1. The Morgan fingerprint density at radius 1 is 1.26 bits per heavy atom. The quantitative estimate of drug-likeness (QED) is 0.731. The molecular formula is C18H19N3OS. The summed E-state index contributed by atoms with van der Waals surface area (Å²) >= 11 is 1.57. The van der Waals surface area contributed by atoms with Crippen molar-refractivity contribution in [1.82, 2.24) is 14.9 Å². The maximum atomic E-state index is 12.3. The molecular weight excluding hydrogens is 306 g/mol. The normalized spacial score (nSPS) is 12.3. The maximum absolute atomic E-state index is 12.3. The summed E-state index contributed by atoms with van der Waals surface area (Å²) in [5, 5.41) is 7.13. The molecule has 5 heteroatoms. The molecule has 2 aromatic heterocycles. The second-order valence-electron chi connectivity index (χ2n) is 5.49. The van der Waals surface area contributed by atoms with Crippen LogP contribution in [0.25, 0.3) is 5.52 Å². The average molecular weight is 325 g/mol. The van der Waals surface area contributed by atoms with Crippen LogP contribution in [0.1, 0.15) is 18.1 Å². The topological polar surface area (TPSA) is 46.4 Å². The first-order valence-electron chi connectivity index (χ1n) is 7.56. The van der Waals surface area contributed by atoms with Gasteiger partial charge in [0.1, 0.15) is 0 Å². The van der Waals surface area contributed by atoms with E-state index in [-0.39, 0.29) is 11.2 Å². The van der Waals surface area contributed by atoms with Gasteiger partial charge in [-0.05, 0) is 38.1 Å². The number of rotatable bonds is 5. The highest BCUT2D eigenvalue weighted by molar-refractivity contribution is 8.00. The number of pyridine rings is 1. The van der Waals surface area contributed by atoms with Crippen LogP contribution < -0.4 is 5.32 Å². The summed E-state index contributed by atoms with van der Waals surface area (Å²) in [7, 11) is 0. The van der Waals surface area contributed by atoms with Crippen LogP contribution in [0.15, 0.2) is 59.8 Å². The molecule has 1 aromatic carbocycles. The zero-order valence-corrected chi connectivity index (χ0v) is 14.0. The number of carbonyl (C=O) groups excluding carboxylic acids is 1. The minimum Gasteiger partial charge on any atom is -0.351 e. The summed E-state index contributed by atoms with van der Waals surface area (Å²) in [6.07, 6.45) is 3.70. The van der Waals surface area contributed by atoms with Gasteiger partial charge in [0.2, 0.25) is 5.91 Å². The lowest BCUT2D eigenvalue weighted by atomic mass is 10.2. The van der Waals surface area contributed by atoms with Crippen LogP contribution in [0.4, 0.5) is 0 Å². The Morgan fingerprint density at radius 2 is 2.04 bits per heavy atom. The Hall–Kier alpha value is -2.27. The Balaban J connectivity index is 1.59. The first-order valence-corrected chi connectivity index (χ1v) is 8.44. The molecule has 23 heavy (non-hydrogen) atoms. The van der Waals surface area contributed by atoms with E-state index in [0.29, 0.717) is 6.54 Å². The molecule has 0 radical (unpaired) electrons. The van der Waals surface area contributed by atoms with E-state index in [1.54, 1.807) is 18.0 Å². The third-order valence-electron chi connectivity index (χ3n) is 3.66. The Morgan fingerprint density at radius 3 is 2.83 bits per heavy atom. The molecule has 0 saturated heterocycles. The number of nitrogens with one attached hydrogen (secondary N) is 1. The molecule has 1 atom stereocenters. The molecule has 118 valence electrons. The van der Waals surface area contributed by atoms with Crippen molar-refractivity contribution < 1.29 is 4.79 Å². The standard InChI is InChI=1S/C18H19N3OS/c1-13-6-8-16(9-7-13)23-14(2)18(22)19-11-15-12-20-21-10-4-3-5-17(15)21/h3-10,12,14H,11H2,1-2H3,(H,19,22)/t14-/m1/s1. The number of benzene rings is 1. The van der Waals surface area contributed by atoms with Crippen LogP contribution in [0.5, 0.6) is 0 Å². The summed E-state index contributed by atoms with van der Waals surface area (Å²) in [6, 6.07) is 14.1. The van der Waals surface area contributed by atoms with Crippen molar-refractivity contribution >= 4 is 23.2 Å². The third-order valence-corrected chi connectivity index (χ3v) is 4.77. The zero-order valence-electron chi connectivity index (χ0n) is 13.2. The van der Waals surface area contributed by atoms with Crippen molar-refractivity contribution in [3.63, 3.8) is 0 Å². The minimum absolute atomic E-state index is 0.0332. The first-order chi connectivity index (χ1) is 11.1. The van der Waals surface area contributed by atoms with Crippen molar-refractivity contribution in [2.24, 2.45) is 0 Å². The van der Waals surface area contributed by atoms with E-state index < -0.39 is 0 Å². The number of carbonyl (C=O) groups is 1. The largest absolute Gasteiger partial charge is 0.351 e. The molecule has 2 heterocycles. The van der Waals surface area contributed by atoms with Gasteiger partial charge in [-0.1, -0.05) is 23.8 Å². The summed E-state index contributed by atoms with van der Waals surface area (Å²) in [5.41, 5.74) is 3.26. The van der Waals surface area contributed by atoms with Crippen molar-refractivity contribution in [3.8, 4) is 0 Å². The fourth-order valence-corrected chi connectivity index (χ4v) is 3.22. The van der Waals surface area contributed by atoms with Crippen LogP contribution in [0.3, 0.4) is 0 Å². The van der Waals surface area contributed by atoms with Gasteiger partial charge in [0.05, 0.1) is 17.0 Å². The highest BCUT2D eigenvalue weighted by Crippen LogP contribution is 2.23. The van der Waals surface area contributed by atoms with Gasteiger partial charge in [-0.25, -0.2) is 4.52 Å². The monoisotopic (exact) mass is 325 g/mol. The summed E-state index contributed by atoms with van der Waals surface area (Å²) in [4.78, 5) is 13.4. The Kier molecular flexibility index (Phi) is 4.67. The van der Waals surface area contributed by atoms with Crippen LogP contribution in [0, 0.1) is 6.92 Å². The third kappa shape index (κ3) is 3.74. The van der Waals surface area contributed by atoms with E-state index in [1.165, 1.54) is 5.56 Å². The van der Waals surface area contributed by atoms with Crippen LogP contribution in [-0.2, 0) is 11.3 Å². The van der Waals surface area contributed by atoms with Gasteiger partial charge in [-0.2, -0.15) is 5.10 Å². The van der Waals surface area contributed by atoms with Gasteiger partial charge in [0.25, 0.3) is 0 Å². The van der Waals surface area contributed by atoms with Crippen molar-refractivity contribution in [2.45, 2.75) is 30.5 Å². The van der Waals surface area contributed by atoms with Crippen LogP contribution in [-0.4, -0.2) is 20.8 Å². The smallest absolute Gasteiger partial charge is 0.233 e. The van der Waals surface area contributed by atoms with Crippen LogP contribution in [0.2, 0.25) is 0 Å². The molecule has 0 bridgehead atoms. The number of aryl methyl sites for hydroxylation is 1. The molecule has 1 amide bonds. The highest BCUT2D eigenvalue weighted by atomic mass is 32.2. The lowest BCUT2D eigenvalue weighted by Gasteiger charge is -2.12. The van der Waals surface area contributed by atoms with Crippen molar-refractivity contribution in [2.75, 3.05) is 0 Å². The van der Waals surface area contributed by atoms with Gasteiger partial charge < -0.3 is 5.32 Å². The molecule has 4 nitrogen and oxygen atoms in total. The number of thioether (sulfide) groups is 1. The van der Waals surface area contributed by atoms with Gasteiger partial charge >= 0.3 is 0 Å². The molecule has 0 aliphatic carbocycles. The van der Waals surface area contributed by atoms with Crippen molar-refractivity contribution in [1.29, 1.82) is 0 Å². The van der Waals surface area contributed by atoms with Gasteiger partial charge in [-0.15, -0.1) is 11.8 Å². The lowest BCUT2D eigenvalue weighted by molar-refractivity contribution is -0.120. The van der Waals surface area contributed by atoms with Gasteiger partial charge in [-0.3, -0.25) is 4.79 Å². The maximum Gasteiger partial charge on any atom is 0.233 e. The lowest BCUT2D eigenvalue weighted by Crippen LogP contribution is -2.30. The number of aromatic nitrogens is 2. The zero-order chi connectivity index (χ0) is 16.2. The molecule has 3 rings (SSSR count). The fourth-order valence-electron chi connectivity index (χ4n) is 2.32. The van der Waals surface area contributed by atoms with Crippen LogP contribution >= 0.6 is 11.8 Å². The number of nitrogens with zero attached hydrogens (tertiary/aromatic N) is 2. The number of fused-ring (bicyclic) bond motifs is 1. The Labute approximate surface area is 139 Å². The Bertz CT molecular complexity index is 811. The van der Waals surface area contributed by atoms with E-state index in [2.05, 4.69) is 41.6 Å². The predicted molar refractivity (Wildman–Crippen MR) is 93.5 cm³/mol. The number of hydrogen-bond donors (Lipinski definition) is 1. The van der Waals surface area contributed by atoms with E-state index in [9.17, 15) is 4.79 Å². The molecule has 0 unspecified atom stereocenters. The predicted octanol–water partition coefficient (Wildman–Crippen LogP) is 3.44. The minimum atomic E-state index is -0.139. The van der Waals surface area contributed by atoms with E-state index in [4.69, 9.17) is 0 Å². The molecule has 0 spiro atoms. The summed E-state index contributed by atoms with van der Waals surface area (Å²) in [5.74, 6) is 0.0332. The molecule has 0 saturated carbocycles. The summed E-state index contributed by atoms with van der Waals surface area (Å²) in [6.45, 7) is 4.47. The SMILES string of the molecule is Cc1ccc(S[C@H](C)C(=O)NCc2cnn3ccccc23)cc1. The van der Waals surface area contributed by atoms with Gasteiger partial charge in [0, 0.05) is 23.2 Å². The highest BCUT2D eigenvalue weighted by Gasteiger charge is 2.14. The molecule has 0 fully saturated rings. The first kappa shape index (κ1) is 15.6. The van der Waals surface area contributed by atoms with E-state index in [0.717, 1.165) is 16.0 Å². The second kappa shape index (κ2) is 6.87. The van der Waals surface area contributed by atoms with Gasteiger partial charge in [0.15, 0.2) is 0 Å². The van der Waals surface area contributed by atoms with E-state index in [1.807, 2.05) is 35.8 Å². The number of hydrogen-bond acceptors (Lipinski definition) is 3. The molecule has 0 aliphatic rings. The van der Waals surface area contributed by atoms with Crippen molar-refractivity contribution in [3.05, 3.63) is 66.0 Å². The second-order valence-corrected chi connectivity index (χ2v) is 6.91. The average Bonchev–Trinajstić information content (AvgIpc) is 2.98. The fraction of sp³-hybridized carbons (Fsp3) is 0.222. The van der Waals surface area contributed by atoms with E-state index >= 15 is 0 Å². The molecule has 3 aromatic rings. The molecule has 1 N–H and O–H groups in total. The summed E-state index contributed by atoms with van der Waals surface area (Å²) < 4.78 is 1.81.